The van der Waals surface area contributed by atoms with Crippen LogP contribution in [0.15, 0.2) is 0 Å². The smallest absolute Gasteiger partial charge is 0.234 e. The highest BCUT2D eigenvalue weighted by molar-refractivity contribution is 9.10. The average molecular weight is 364 g/mol. The van der Waals surface area contributed by atoms with Gasteiger partial charge in [0.25, 0.3) is 0 Å². The normalized spacial score (nSPS) is 16.9. The van der Waals surface area contributed by atoms with E-state index >= 15 is 0 Å². The fourth-order valence-corrected chi connectivity index (χ4v) is 2.25. The minimum atomic E-state index is -2.00. The summed E-state index contributed by atoms with van der Waals surface area (Å²) in [5, 5.41) is 12.3. The van der Waals surface area contributed by atoms with Crippen LogP contribution in [0, 0.1) is 12.3 Å². The Morgan fingerprint density at radius 1 is 1.50 bits per heavy atom. The maximum atomic E-state index is 11.8. The van der Waals surface area contributed by atoms with E-state index in [-0.39, 0.29) is 29.0 Å². The monoisotopic (exact) mass is 363 g/mol. The fourth-order valence-electron chi connectivity index (χ4n) is 1.10. The number of carbonyl (C=O) groups excluding carboxylic acids is 1. The van der Waals surface area contributed by atoms with Gasteiger partial charge in [-0.25, -0.2) is 0 Å². The van der Waals surface area contributed by atoms with Gasteiger partial charge in [0.15, 0.2) is 8.32 Å². The lowest BCUT2D eigenvalue weighted by molar-refractivity contribution is -0.122. The van der Waals surface area contributed by atoms with Crippen LogP contribution in [0.2, 0.25) is 18.1 Å². The predicted molar refractivity (Wildman–Crippen MR) is 88.3 cm³/mol. The maximum Gasteiger partial charge on any atom is 0.234 e. The van der Waals surface area contributed by atoms with E-state index in [9.17, 15) is 9.90 Å². The SMILES string of the molecule is C#C[C@@](CO)(CO[Si](C)(C)C(C)(C)C)NC(=O)C(C)Br. The van der Waals surface area contributed by atoms with E-state index in [0.29, 0.717) is 0 Å². The number of hydrogen-bond donors (Lipinski definition) is 2. The number of amides is 1. The van der Waals surface area contributed by atoms with Crippen molar-refractivity contribution in [1.29, 1.82) is 0 Å². The minimum absolute atomic E-state index is 0.0372. The van der Waals surface area contributed by atoms with Gasteiger partial charge in [0.05, 0.1) is 18.0 Å². The molecule has 2 N–H and O–H groups in total. The molecule has 0 bridgehead atoms. The second-order valence-electron chi connectivity index (χ2n) is 6.54. The van der Waals surface area contributed by atoms with Gasteiger partial charge in [0.1, 0.15) is 5.54 Å². The number of terminal acetylenes is 1. The average Bonchev–Trinajstić information content (AvgIpc) is 2.33. The van der Waals surface area contributed by atoms with E-state index in [1.165, 1.54) is 0 Å². The van der Waals surface area contributed by atoms with Gasteiger partial charge in [0.2, 0.25) is 5.91 Å². The van der Waals surface area contributed by atoms with E-state index < -0.39 is 13.9 Å². The zero-order valence-corrected chi connectivity index (χ0v) is 15.8. The Balaban J connectivity index is 4.97. The molecule has 0 aromatic rings. The summed E-state index contributed by atoms with van der Waals surface area (Å²) in [6.45, 7) is 12.0. The van der Waals surface area contributed by atoms with E-state index in [0.717, 1.165) is 0 Å². The molecule has 20 heavy (non-hydrogen) atoms. The zero-order chi connectivity index (χ0) is 16.2. The van der Waals surface area contributed by atoms with Crippen molar-refractivity contribution in [2.75, 3.05) is 13.2 Å². The summed E-state index contributed by atoms with van der Waals surface area (Å²) in [6.07, 6.45) is 5.50. The van der Waals surface area contributed by atoms with Crippen LogP contribution in [0.5, 0.6) is 0 Å². The molecule has 4 nitrogen and oxygen atoms in total. The van der Waals surface area contributed by atoms with Gasteiger partial charge in [-0.2, -0.15) is 0 Å². The third kappa shape index (κ3) is 5.21. The molecule has 0 saturated carbocycles. The topological polar surface area (TPSA) is 58.6 Å². The number of hydrogen-bond acceptors (Lipinski definition) is 3. The number of aliphatic hydroxyl groups is 1. The molecule has 1 unspecified atom stereocenters. The van der Waals surface area contributed by atoms with Gasteiger partial charge in [-0.05, 0) is 25.1 Å². The lowest BCUT2D eigenvalue weighted by Crippen LogP contribution is -2.57. The Morgan fingerprint density at radius 3 is 2.30 bits per heavy atom. The Labute approximate surface area is 131 Å². The van der Waals surface area contributed by atoms with E-state index in [1.807, 2.05) is 0 Å². The number of alkyl halides is 1. The van der Waals surface area contributed by atoms with Crippen LogP contribution in [0.4, 0.5) is 0 Å². The van der Waals surface area contributed by atoms with Gasteiger partial charge in [-0.3, -0.25) is 4.79 Å². The molecule has 0 aliphatic heterocycles. The van der Waals surface area contributed by atoms with Gasteiger partial charge < -0.3 is 14.8 Å². The standard InChI is InChI=1S/C14H26BrNO3Si/c1-8-14(9-17,16-12(18)11(2)15)10-19-20(6,7)13(3,4)5/h1,11,17H,9-10H2,2-7H3,(H,16,18)/t11?,14-/m1/s1. The van der Waals surface area contributed by atoms with Crippen molar-refractivity contribution in [2.24, 2.45) is 0 Å². The summed E-state index contributed by atoms with van der Waals surface area (Å²) in [6, 6.07) is 0. The summed E-state index contributed by atoms with van der Waals surface area (Å²) >= 11 is 3.18. The van der Waals surface area contributed by atoms with E-state index in [4.69, 9.17) is 10.8 Å². The van der Waals surface area contributed by atoms with Gasteiger partial charge >= 0.3 is 0 Å². The molecule has 116 valence electrons. The van der Waals surface area contributed by atoms with Crippen LogP contribution >= 0.6 is 15.9 Å². The molecular weight excluding hydrogens is 338 g/mol. The predicted octanol–water partition coefficient (Wildman–Crippen LogP) is 2.27. The molecule has 0 rings (SSSR count). The van der Waals surface area contributed by atoms with Crippen molar-refractivity contribution < 1.29 is 14.3 Å². The molecule has 0 aliphatic carbocycles. The minimum Gasteiger partial charge on any atom is -0.413 e. The van der Waals surface area contributed by atoms with Crippen molar-refractivity contribution >= 4 is 30.2 Å². The molecule has 0 heterocycles. The third-order valence-electron chi connectivity index (χ3n) is 3.76. The molecule has 0 saturated heterocycles. The Bertz CT molecular complexity index is 385. The molecule has 1 amide bonds. The quantitative estimate of drug-likeness (QED) is 0.432. The second-order valence-corrected chi connectivity index (χ2v) is 12.7. The summed E-state index contributed by atoms with van der Waals surface area (Å²) < 4.78 is 6.03. The van der Waals surface area contributed by atoms with Crippen molar-refractivity contribution in [1.82, 2.24) is 5.32 Å². The molecule has 0 fully saturated rings. The number of rotatable bonds is 6. The van der Waals surface area contributed by atoms with Gasteiger partial charge in [-0.15, -0.1) is 6.42 Å². The number of nitrogens with one attached hydrogen (secondary N) is 1. The first-order valence-electron chi connectivity index (χ1n) is 6.59. The maximum absolute atomic E-state index is 11.8. The highest BCUT2D eigenvalue weighted by Gasteiger charge is 2.40. The van der Waals surface area contributed by atoms with Crippen molar-refractivity contribution in [3.8, 4) is 12.3 Å². The van der Waals surface area contributed by atoms with E-state index in [2.05, 4.69) is 61.0 Å². The number of halogens is 1. The molecule has 0 radical (unpaired) electrons. The third-order valence-corrected chi connectivity index (χ3v) is 8.65. The fraction of sp³-hybridized carbons (Fsp3) is 0.786. The highest BCUT2D eigenvalue weighted by atomic mass is 79.9. The summed E-state index contributed by atoms with van der Waals surface area (Å²) in [4.78, 5) is 11.4. The molecule has 0 spiro atoms. The van der Waals surface area contributed by atoms with Gasteiger partial charge in [0, 0.05) is 0 Å². The number of aliphatic hydroxyl groups excluding tert-OH is 1. The lowest BCUT2D eigenvalue weighted by atomic mass is 10.0. The first kappa shape index (κ1) is 19.6. The second kappa shape index (κ2) is 7.08. The van der Waals surface area contributed by atoms with Crippen LogP contribution in [-0.4, -0.2) is 42.9 Å². The van der Waals surface area contributed by atoms with E-state index in [1.54, 1.807) is 6.92 Å². The van der Waals surface area contributed by atoms with Crippen LogP contribution in [0.25, 0.3) is 0 Å². The van der Waals surface area contributed by atoms with Crippen LogP contribution < -0.4 is 5.32 Å². The summed E-state index contributed by atoms with van der Waals surface area (Å²) in [5.41, 5.74) is -1.17. The summed E-state index contributed by atoms with van der Waals surface area (Å²) in [5.74, 6) is 2.20. The first-order valence-corrected chi connectivity index (χ1v) is 10.4. The Morgan fingerprint density at radius 2 is 2.00 bits per heavy atom. The van der Waals surface area contributed by atoms with Crippen LogP contribution in [-0.2, 0) is 9.22 Å². The molecular formula is C14H26BrNO3Si. The summed E-state index contributed by atoms with van der Waals surface area (Å²) in [7, 11) is -2.00. The van der Waals surface area contributed by atoms with Crippen LogP contribution in [0.1, 0.15) is 27.7 Å². The van der Waals surface area contributed by atoms with Crippen molar-refractivity contribution in [3.05, 3.63) is 0 Å². The largest absolute Gasteiger partial charge is 0.413 e. The van der Waals surface area contributed by atoms with Crippen molar-refractivity contribution in [2.45, 2.75) is 56.2 Å². The molecule has 2 atom stereocenters. The zero-order valence-electron chi connectivity index (χ0n) is 13.2. The first-order chi connectivity index (χ1) is 8.91. The Kier molecular flexibility index (Phi) is 6.95. The Hall–Kier alpha value is -0.353. The molecule has 6 heteroatoms. The number of carbonyl (C=O) groups is 1. The lowest BCUT2D eigenvalue weighted by Gasteiger charge is -2.39. The molecule has 0 aliphatic rings. The molecule has 0 aromatic heterocycles. The highest BCUT2D eigenvalue weighted by Crippen LogP contribution is 2.36. The molecule has 0 aromatic carbocycles. The van der Waals surface area contributed by atoms with Gasteiger partial charge in [-0.1, -0.05) is 42.6 Å². The van der Waals surface area contributed by atoms with Crippen molar-refractivity contribution in [3.63, 3.8) is 0 Å². The van der Waals surface area contributed by atoms with Crippen LogP contribution in [0.3, 0.4) is 0 Å².